The number of likely N-dealkylation sites (N-methyl/N-ethyl adjacent to an activating group) is 1. The van der Waals surface area contributed by atoms with Crippen molar-refractivity contribution < 1.29 is 19.5 Å². The van der Waals surface area contributed by atoms with E-state index in [0.29, 0.717) is 9.75 Å². The molecule has 0 aliphatic carbocycles. The van der Waals surface area contributed by atoms with Crippen molar-refractivity contribution in [3.63, 3.8) is 0 Å². The highest BCUT2D eigenvalue weighted by molar-refractivity contribution is 7.14. The SMILES string of the molecule is Cc1cc(C(=O)NC2CC(=O)N(C)C2=O)sc1C#CCO. The van der Waals surface area contributed by atoms with E-state index in [1.807, 2.05) is 6.92 Å². The Morgan fingerprint density at radius 1 is 1.57 bits per heavy atom. The van der Waals surface area contributed by atoms with Gasteiger partial charge in [0.25, 0.3) is 11.8 Å². The number of rotatable bonds is 2. The van der Waals surface area contributed by atoms with Crippen LogP contribution in [0.4, 0.5) is 0 Å². The maximum Gasteiger partial charge on any atom is 0.262 e. The number of hydrogen-bond acceptors (Lipinski definition) is 5. The van der Waals surface area contributed by atoms with E-state index in [4.69, 9.17) is 5.11 Å². The number of imide groups is 1. The lowest BCUT2D eigenvalue weighted by Gasteiger charge is -2.09. The second-order valence-corrected chi connectivity index (χ2v) is 5.66. The summed E-state index contributed by atoms with van der Waals surface area (Å²) in [5, 5.41) is 11.2. The van der Waals surface area contributed by atoms with Gasteiger partial charge in [-0.1, -0.05) is 11.8 Å². The Kier molecular flexibility index (Phi) is 4.40. The number of hydrogen-bond donors (Lipinski definition) is 2. The number of carbonyl (C=O) groups is 3. The topological polar surface area (TPSA) is 86.7 Å². The van der Waals surface area contributed by atoms with Crippen molar-refractivity contribution in [2.24, 2.45) is 0 Å². The molecule has 1 atom stereocenters. The molecule has 0 bridgehead atoms. The van der Waals surface area contributed by atoms with Crippen molar-refractivity contribution in [2.45, 2.75) is 19.4 Å². The number of amides is 3. The van der Waals surface area contributed by atoms with E-state index in [9.17, 15) is 14.4 Å². The molecule has 7 heteroatoms. The molecule has 1 fully saturated rings. The summed E-state index contributed by atoms with van der Waals surface area (Å²) in [6.07, 6.45) is -0.0113. The Morgan fingerprint density at radius 2 is 2.29 bits per heavy atom. The molecule has 3 amide bonds. The van der Waals surface area contributed by atoms with Crippen molar-refractivity contribution in [3.8, 4) is 11.8 Å². The average molecular weight is 306 g/mol. The van der Waals surface area contributed by atoms with Crippen LogP contribution in [-0.4, -0.2) is 47.4 Å². The molecule has 0 saturated carbocycles. The van der Waals surface area contributed by atoms with Gasteiger partial charge in [-0.15, -0.1) is 11.3 Å². The van der Waals surface area contributed by atoms with Gasteiger partial charge < -0.3 is 10.4 Å². The normalized spacial score (nSPS) is 17.7. The standard InChI is InChI=1S/C14H14N2O4S/c1-8-6-11(21-10(8)4-3-5-17)13(19)15-9-7-12(18)16(2)14(9)20/h6,9,17H,5,7H2,1-2H3,(H,15,19). The maximum atomic E-state index is 12.1. The summed E-state index contributed by atoms with van der Waals surface area (Å²) in [4.78, 5) is 37.4. The first-order valence-corrected chi connectivity index (χ1v) is 7.07. The Morgan fingerprint density at radius 3 is 2.86 bits per heavy atom. The van der Waals surface area contributed by atoms with Crippen molar-refractivity contribution in [1.82, 2.24) is 10.2 Å². The lowest BCUT2D eigenvalue weighted by Crippen LogP contribution is -2.40. The van der Waals surface area contributed by atoms with E-state index in [1.165, 1.54) is 18.4 Å². The van der Waals surface area contributed by atoms with E-state index in [2.05, 4.69) is 17.2 Å². The molecule has 1 aromatic heterocycles. The predicted molar refractivity (Wildman–Crippen MR) is 76.7 cm³/mol. The van der Waals surface area contributed by atoms with Crippen LogP contribution in [0, 0.1) is 18.8 Å². The van der Waals surface area contributed by atoms with Gasteiger partial charge in [-0.3, -0.25) is 19.3 Å². The largest absolute Gasteiger partial charge is 0.384 e. The molecule has 2 N–H and O–H groups in total. The van der Waals surface area contributed by atoms with Crippen LogP contribution in [0.2, 0.25) is 0 Å². The van der Waals surface area contributed by atoms with Crippen LogP contribution in [0.25, 0.3) is 0 Å². The van der Waals surface area contributed by atoms with E-state index in [-0.39, 0.29) is 18.9 Å². The number of carbonyl (C=O) groups excluding carboxylic acids is 3. The molecule has 1 saturated heterocycles. The first kappa shape index (κ1) is 15.2. The zero-order valence-corrected chi connectivity index (χ0v) is 12.4. The molecule has 110 valence electrons. The summed E-state index contributed by atoms with van der Waals surface area (Å²) in [5.74, 6) is 4.19. The van der Waals surface area contributed by atoms with Crippen LogP contribution in [0.15, 0.2) is 6.07 Å². The summed E-state index contributed by atoms with van der Waals surface area (Å²) in [5.41, 5.74) is 0.831. The molecule has 2 heterocycles. The van der Waals surface area contributed by atoms with Gasteiger partial charge in [0.2, 0.25) is 5.91 Å². The van der Waals surface area contributed by atoms with Gasteiger partial charge in [0.1, 0.15) is 12.6 Å². The molecule has 1 aliphatic heterocycles. The number of nitrogens with zero attached hydrogens (tertiary/aromatic N) is 1. The van der Waals surface area contributed by atoms with E-state index >= 15 is 0 Å². The fourth-order valence-electron chi connectivity index (χ4n) is 1.94. The summed E-state index contributed by atoms with van der Waals surface area (Å²) < 4.78 is 0. The minimum Gasteiger partial charge on any atom is -0.384 e. The van der Waals surface area contributed by atoms with Crippen LogP contribution in [0.3, 0.4) is 0 Å². The van der Waals surface area contributed by atoms with E-state index in [1.54, 1.807) is 6.07 Å². The first-order chi connectivity index (χ1) is 9.93. The number of aliphatic hydroxyl groups excluding tert-OH is 1. The molecule has 0 radical (unpaired) electrons. The fourth-order valence-corrected chi connectivity index (χ4v) is 2.89. The Bertz CT molecular complexity index is 668. The molecule has 1 unspecified atom stereocenters. The van der Waals surface area contributed by atoms with Crippen LogP contribution in [0.5, 0.6) is 0 Å². The number of nitrogens with one attached hydrogen (secondary N) is 1. The quantitative estimate of drug-likeness (QED) is 0.589. The second-order valence-electron chi connectivity index (χ2n) is 4.60. The number of likely N-dealkylation sites (tertiary alicyclic amines) is 1. The van der Waals surface area contributed by atoms with Crippen LogP contribution in [-0.2, 0) is 9.59 Å². The molecule has 1 aliphatic rings. The van der Waals surface area contributed by atoms with Gasteiger partial charge in [0.15, 0.2) is 0 Å². The highest BCUT2D eigenvalue weighted by atomic mass is 32.1. The summed E-state index contributed by atoms with van der Waals surface area (Å²) in [6, 6.07) is 0.871. The van der Waals surface area contributed by atoms with Crippen molar-refractivity contribution in [3.05, 3.63) is 21.4 Å². The van der Waals surface area contributed by atoms with Gasteiger partial charge in [0, 0.05) is 7.05 Å². The van der Waals surface area contributed by atoms with Crippen molar-refractivity contribution in [1.29, 1.82) is 0 Å². The molecule has 1 aromatic rings. The Hall–Kier alpha value is -2.17. The Labute approximate surface area is 125 Å². The lowest BCUT2D eigenvalue weighted by atomic mass is 10.2. The molecule has 21 heavy (non-hydrogen) atoms. The maximum absolute atomic E-state index is 12.1. The third-order valence-electron chi connectivity index (χ3n) is 3.11. The zero-order chi connectivity index (χ0) is 15.6. The van der Waals surface area contributed by atoms with Gasteiger partial charge in [0.05, 0.1) is 16.2 Å². The molecular weight excluding hydrogens is 292 g/mol. The summed E-state index contributed by atoms with van der Waals surface area (Å²) >= 11 is 1.19. The minimum absolute atomic E-state index is 0.0113. The monoisotopic (exact) mass is 306 g/mol. The van der Waals surface area contributed by atoms with Gasteiger partial charge in [-0.25, -0.2) is 0 Å². The third kappa shape index (κ3) is 3.12. The fraction of sp³-hybridized carbons (Fsp3) is 0.357. The third-order valence-corrected chi connectivity index (χ3v) is 4.26. The highest BCUT2D eigenvalue weighted by Crippen LogP contribution is 2.21. The van der Waals surface area contributed by atoms with Gasteiger partial charge >= 0.3 is 0 Å². The second kappa shape index (κ2) is 6.08. The molecule has 0 spiro atoms. The van der Waals surface area contributed by atoms with E-state index in [0.717, 1.165) is 10.5 Å². The number of aliphatic hydroxyl groups is 1. The molecular formula is C14H14N2O4S. The molecule has 2 rings (SSSR count). The van der Waals surface area contributed by atoms with Crippen molar-refractivity contribution in [2.75, 3.05) is 13.7 Å². The summed E-state index contributed by atoms with van der Waals surface area (Å²) in [6.45, 7) is 1.57. The predicted octanol–water partition coefficient (Wildman–Crippen LogP) is -0.113. The zero-order valence-electron chi connectivity index (χ0n) is 11.6. The molecule has 6 nitrogen and oxygen atoms in total. The number of thiophene rings is 1. The summed E-state index contributed by atoms with van der Waals surface area (Å²) in [7, 11) is 1.40. The lowest BCUT2D eigenvalue weighted by molar-refractivity contribution is -0.137. The van der Waals surface area contributed by atoms with Crippen LogP contribution in [0.1, 0.15) is 26.5 Å². The Balaban J connectivity index is 2.11. The van der Waals surface area contributed by atoms with Crippen LogP contribution >= 0.6 is 11.3 Å². The minimum atomic E-state index is -0.801. The van der Waals surface area contributed by atoms with Gasteiger partial charge in [-0.05, 0) is 18.6 Å². The highest BCUT2D eigenvalue weighted by Gasteiger charge is 2.37. The van der Waals surface area contributed by atoms with Gasteiger partial charge in [-0.2, -0.15) is 0 Å². The molecule has 0 aromatic carbocycles. The first-order valence-electron chi connectivity index (χ1n) is 6.25. The smallest absolute Gasteiger partial charge is 0.262 e. The van der Waals surface area contributed by atoms with Crippen LogP contribution < -0.4 is 5.32 Å². The average Bonchev–Trinajstić information content (AvgIpc) is 2.93. The van der Waals surface area contributed by atoms with Crippen molar-refractivity contribution >= 4 is 29.1 Å². The number of aryl methyl sites for hydroxylation is 1. The van der Waals surface area contributed by atoms with E-state index < -0.39 is 17.9 Å².